The maximum Gasteiger partial charge on any atom is 0.230 e. The molecule has 0 aliphatic heterocycles. The van der Waals surface area contributed by atoms with Gasteiger partial charge in [0.15, 0.2) is 4.34 Å². The minimum atomic E-state index is -0.0652. The number of carbonyl (C=O) groups excluding carboxylic acids is 1. The number of rotatable bonds is 5. The molecule has 0 bridgehead atoms. The summed E-state index contributed by atoms with van der Waals surface area (Å²) < 4.78 is 1.93. The van der Waals surface area contributed by atoms with Crippen molar-refractivity contribution in [3.8, 4) is 0 Å². The third-order valence-electron chi connectivity index (χ3n) is 3.40. The Morgan fingerprint density at radius 3 is 2.67 bits per heavy atom. The molecule has 1 atom stereocenters. The van der Waals surface area contributed by atoms with Crippen LogP contribution in [0.1, 0.15) is 18.5 Å². The number of nitrogens with zero attached hydrogens (tertiary/aromatic N) is 1. The molecule has 0 fully saturated rings. The zero-order valence-electron chi connectivity index (χ0n) is 12.8. The molecule has 0 spiro atoms. The van der Waals surface area contributed by atoms with Gasteiger partial charge in [-0.15, -0.1) is 11.3 Å². The highest BCUT2D eigenvalue weighted by atomic mass is 35.5. The zero-order chi connectivity index (χ0) is 17.1. The molecule has 0 aliphatic carbocycles. The molecule has 0 aliphatic rings. The first-order chi connectivity index (χ1) is 11.5. The molecule has 3 nitrogen and oxygen atoms in total. The predicted molar refractivity (Wildman–Crippen MR) is 103 cm³/mol. The Morgan fingerprint density at radius 2 is 1.92 bits per heavy atom. The Morgan fingerprint density at radius 1 is 1.21 bits per heavy atom. The van der Waals surface area contributed by atoms with Crippen molar-refractivity contribution >= 4 is 62.4 Å². The predicted octanol–water partition coefficient (Wildman–Crippen LogP) is 5.57. The Kier molecular flexibility index (Phi) is 5.66. The van der Waals surface area contributed by atoms with E-state index in [0.29, 0.717) is 15.8 Å². The van der Waals surface area contributed by atoms with Gasteiger partial charge in [0, 0.05) is 10.0 Å². The van der Waals surface area contributed by atoms with Crippen LogP contribution in [0.4, 0.5) is 0 Å². The van der Waals surface area contributed by atoms with E-state index < -0.39 is 0 Å². The van der Waals surface area contributed by atoms with Crippen molar-refractivity contribution < 1.29 is 4.79 Å². The van der Waals surface area contributed by atoms with E-state index in [1.54, 1.807) is 11.3 Å². The van der Waals surface area contributed by atoms with Gasteiger partial charge in [-0.05, 0) is 42.8 Å². The van der Waals surface area contributed by atoms with Crippen LogP contribution in [0.5, 0.6) is 0 Å². The molecule has 0 saturated heterocycles. The van der Waals surface area contributed by atoms with Crippen molar-refractivity contribution in [2.75, 3.05) is 5.75 Å². The fraction of sp³-hybridized carbons (Fsp3) is 0.176. The van der Waals surface area contributed by atoms with Gasteiger partial charge < -0.3 is 5.32 Å². The molecule has 2 aromatic carbocycles. The molecule has 24 heavy (non-hydrogen) atoms. The van der Waals surface area contributed by atoms with E-state index in [1.807, 2.05) is 49.4 Å². The van der Waals surface area contributed by atoms with Crippen molar-refractivity contribution in [3.05, 3.63) is 58.1 Å². The van der Waals surface area contributed by atoms with Gasteiger partial charge in [-0.2, -0.15) is 0 Å². The number of benzene rings is 2. The van der Waals surface area contributed by atoms with Gasteiger partial charge in [-0.1, -0.05) is 47.1 Å². The normalized spacial score (nSPS) is 12.3. The van der Waals surface area contributed by atoms with Crippen LogP contribution in [0.2, 0.25) is 10.0 Å². The molecule has 124 valence electrons. The summed E-state index contributed by atoms with van der Waals surface area (Å²) in [5.74, 6) is 0.297. The summed E-state index contributed by atoms with van der Waals surface area (Å²) in [4.78, 5) is 16.6. The van der Waals surface area contributed by atoms with Crippen molar-refractivity contribution in [2.45, 2.75) is 17.3 Å². The first kappa shape index (κ1) is 17.5. The zero-order valence-corrected chi connectivity index (χ0v) is 15.9. The minimum absolute atomic E-state index is 0.0280. The lowest BCUT2D eigenvalue weighted by Gasteiger charge is -2.14. The third kappa shape index (κ3) is 4.42. The number of hydrogen-bond donors (Lipinski definition) is 1. The Bertz CT molecular complexity index is 865. The van der Waals surface area contributed by atoms with Gasteiger partial charge in [0.1, 0.15) is 0 Å². The quantitative estimate of drug-likeness (QED) is 0.572. The number of amides is 1. The smallest absolute Gasteiger partial charge is 0.230 e. The van der Waals surface area contributed by atoms with Gasteiger partial charge in [0.05, 0.1) is 22.0 Å². The largest absolute Gasteiger partial charge is 0.349 e. The van der Waals surface area contributed by atoms with Crippen LogP contribution in [-0.4, -0.2) is 16.6 Å². The second-order valence-corrected chi connectivity index (χ2v) is 8.35. The van der Waals surface area contributed by atoms with Crippen LogP contribution in [0.25, 0.3) is 10.2 Å². The number of hydrogen-bond acceptors (Lipinski definition) is 4. The molecular weight excluding hydrogens is 383 g/mol. The fourth-order valence-electron chi connectivity index (χ4n) is 2.19. The summed E-state index contributed by atoms with van der Waals surface area (Å²) in [6.45, 7) is 1.95. The summed E-state index contributed by atoms with van der Waals surface area (Å²) in [6.07, 6.45) is 0. The van der Waals surface area contributed by atoms with Crippen molar-refractivity contribution in [1.29, 1.82) is 0 Å². The summed E-state index contributed by atoms with van der Waals surface area (Å²) in [7, 11) is 0. The van der Waals surface area contributed by atoms with Crippen LogP contribution >= 0.6 is 46.3 Å². The van der Waals surface area contributed by atoms with Crippen molar-refractivity contribution in [2.24, 2.45) is 0 Å². The Hall–Kier alpha value is -1.27. The number of nitrogens with one attached hydrogen (secondary N) is 1. The van der Waals surface area contributed by atoms with Crippen LogP contribution in [0.3, 0.4) is 0 Å². The molecule has 3 aromatic rings. The topological polar surface area (TPSA) is 42.0 Å². The fourth-order valence-corrected chi connectivity index (χ4v) is 4.34. The molecule has 1 aromatic heterocycles. The molecule has 0 saturated carbocycles. The third-order valence-corrected chi connectivity index (χ3v) is 6.07. The van der Waals surface area contributed by atoms with E-state index in [9.17, 15) is 4.79 Å². The van der Waals surface area contributed by atoms with E-state index in [1.165, 1.54) is 11.8 Å². The summed E-state index contributed by atoms with van der Waals surface area (Å²) in [6, 6.07) is 13.0. The van der Waals surface area contributed by atoms with Crippen LogP contribution in [0.15, 0.2) is 46.8 Å². The lowest BCUT2D eigenvalue weighted by Crippen LogP contribution is -2.28. The molecule has 1 heterocycles. The maximum absolute atomic E-state index is 12.1. The average Bonchev–Trinajstić information content (AvgIpc) is 2.95. The van der Waals surface area contributed by atoms with Gasteiger partial charge in [-0.25, -0.2) is 4.98 Å². The summed E-state index contributed by atoms with van der Waals surface area (Å²) >= 11 is 14.8. The minimum Gasteiger partial charge on any atom is -0.349 e. The van der Waals surface area contributed by atoms with E-state index in [-0.39, 0.29) is 11.9 Å². The molecule has 1 N–H and O–H groups in total. The average molecular weight is 397 g/mol. The van der Waals surface area contributed by atoms with Crippen LogP contribution < -0.4 is 5.32 Å². The number of thioether (sulfide) groups is 1. The standard InChI is InChI=1S/C17H14Cl2N2OS2/c1-10(11-2-4-12(18)5-3-11)20-16(22)9-23-17-21-14-8-13(19)6-7-15(14)24-17/h2-8,10H,9H2,1H3,(H,20,22)/t10-/m1/s1. The number of aromatic nitrogens is 1. The van der Waals surface area contributed by atoms with Gasteiger partial charge in [-0.3, -0.25) is 4.79 Å². The Balaban J connectivity index is 1.57. The first-order valence-corrected chi connectivity index (χ1v) is 9.81. The highest BCUT2D eigenvalue weighted by Crippen LogP contribution is 2.31. The van der Waals surface area contributed by atoms with Crippen molar-refractivity contribution in [1.82, 2.24) is 10.3 Å². The van der Waals surface area contributed by atoms with Crippen LogP contribution in [-0.2, 0) is 4.79 Å². The van der Waals surface area contributed by atoms with E-state index >= 15 is 0 Å². The van der Waals surface area contributed by atoms with Gasteiger partial charge in [0.25, 0.3) is 0 Å². The van der Waals surface area contributed by atoms with E-state index in [4.69, 9.17) is 23.2 Å². The lowest BCUT2D eigenvalue weighted by atomic mass is 10.1. The van der Waals surface area contributed by atoms with E-state index in [0.717, 1.165) is 20.1 Å². The van der Waals surface area contributed by atoms with Gasteiger partial charge >= 0.3 is 0 Å². The number of fused-ring (bicyclic) bond motifs is 1. The van der Waals surface area contributed by atoms with Gasteiger partial charge in [0.2, 0.25) is 5.91 Å². The first-order valence-electron chi connectivity index (χ1n) is 7.25. The second-order valence-electron chi connectivity index (χ2n) is 5.22. The number of carbonyl (C=O) groups is 1. The van der Waals surface area contributed by atoms with Crippen LogP contribution in [0, 0.1) is 0 Å². The number of halogens is 2. The monoisotopic (exact) mass is 396 g/mol. The SMILES string of the molecule is C[C@@H](NC(=O)CSc1nc2cc(Cl)ccc2s1)c1ccc(Cl)cc1. The highest BCUT2D eigenvalue weighted by Gasteiger charge is 2.12. The maximum atomic E-state index is 12.1. The molecule has 7 heteroatoms. The van der Waals surface area contributed by atoms with E-state index in [2.05, 4.69) is 10.3 Å². The second kappa shape index (κ2) is 7.74. The molecule has 0 unspecified atom stereocenters. The molecule has 0 radical (unpaired) electrons. The summed E-state index contributed by atoms with van der Waals surface area (Å²) in [5.41, 5.74) is 1.89. The summed E-state index contributed by atoms with van der Waals surface area (Å²) in [5, 5.41) is 4.33. The van der Waals surface area contributed by atoms with Crippen molar-refractivity contribution in [3.63, 3.8) is 0 Å². The lowest BCUT2D eigenvalue weighted by molar-refractivity contribution is -0.119. The molecular formula is C17H14Cl2N2OS2. The highest BCUT2D eigenvalue weighted by molar-refractivity contribution is 8.01. The molecule has 3 rings (SSSR count). The molecule has 1 amide bonds. The number of thiazole rings is 1. The Labute approximate surface area is 158 Å².